The topological polar surface area (TPSA) is 81.7 Å². The van der Waals surface area contributed by atoms with Gasteiger partial charge in [0, 0.05) is 11.6 Å². The first kappa shape index (κ1) is 16.1. The zero-order valence-electron chi connectivity index (χ0n) is 14.3. The van der Waals surface area contributed by atoms with Gasteiger partial charge in [-0.1, -0.05) is 18.2 Å². The number of carbonyl (C=O) groups excluding carboxylic acids is 3. The fourth-order valence-electron chi connectivity index (χ4n) is 4.75. The van der Waals surface area contributed by atoms with Crippen LogP contribution in [-0.4, -0.2) is 30.6 Å². The molecule has 3 fully saturated rings. The second-order valence-electron chi connectivity index (χ2n) is 7.34. The van der Waals surface area contributed by atoms with E-state index < -0.39 is 11.9 Å². The zero-order chi connectivity index (χ0) is 17.7. The Bertz CT molecular complexity index is 736. The Hall–Kier alpha value is -2.37. The zero-order valence-corrected chi connectivity index (χ0v) is 14.3. The van der Waals surface area contributed by atoms with E-state index in [2.05, 4.69) is 5.32 Å². The van der Waals surface area contributed by atoms with Crippen molar-refractivity contribution >= 4 is 23.5 Å². The van der Waals surface area contributed by atoms with Gasteiger partial charge in [0.05, 0.1) is 11.8 Å². The van der Waals surface area contributed by atoms with Crippen molar-refractivity contribution in [2.24, 2.45) is 23.7 Å². The first-order valence-electron chi connectivity index (χ1n) is 8.69. The summed E-state index contributed by atoms with van der Waals surface area (Å²) in [7, 11) is 0. The van der Waals surface area contributed by atoms with Crippen LogP contribution in [0.3, 0.4) is 0 Å². The molecule has 25 heavy (non-hydrogen) atoms. The van der Waals surface area contributed by atoms with Gasteiger partial charge in [-0.05, 0) is 43.7 Å². The minimum absolute atomic E-state index is 0.0149. The predicted octanol–water partition coefficient (Wildman–Crippen LogP) is 1.98. The van der Waals surface area contributed by atoms with Crippen LogP contribution in [0.15, 0.2) is 18.2 Å². The molecule has 1 aromatic rings. The number of hydrogen-bond acceptors (Lipinski definition) is 5. The molecule has 1 heterocycles. The quantitative estimate of drug-likeness (QED) is 0.846. The highest BCUT2D eigenvalue weighted by atomic mass is 16.6. The summed E-state index contributed by atoms with van der Waals surface area (Å²) in [6.07, 6.45) is 1.57. The molecule has 0 aromatic heterocycles. The molecule has 1 amide bonds. The molecule has 6 heteroatoms. The minimum Gasteiger partial charge on any atom is -0.462 e. The Balaban J connectivity index is 1.36. The van der Waals surface area contributed by atoms with Crippen LogP contribution in [0.5, 0.6) is 0 Å². The third-order valence-corrected chi connectivity index (χ3v) is 5.85. The number of carbonyl (C=O) groups is 3. The van der Waals surface area contributed by atoms with Crippen molar-refractivity contribution in [3.8, 4) is 0 Å². The third kappa shape index (κ3) is 2.60. The van der Waals surface area contributed by atoms with Crippen molar-refractivity contribution in [1.82, 2.24) is 0 Å². The molecule has 1 saturated heterocycles. The van der Waals surface area contributed by atoms with Gasteiger partial charge in [-0.3, -0.25) is 14.4 Å². The smallest absolute Gasteiger partial charge is 0.310 e. The van der Waals surface area contributed by atoms with Gasteiger partial charge >= 0.3 is 11.9 Å². The van der Waals surface area contributed by atoms with Crippen molar-refractivity contribution < 1.29 is 23.9 Å². The number of rotatable bonds is 4. The van der Waals surface area contributed by atoms with Crippen LogP contribution in [0.1, 0.15) is 24.0 Å². The highest BCUT2D eigenvalue weighted by Crippen LogP contribution is 2.57. The molecule has 0 radical (unpaired) electrons. The molecule has 1 aliphatic heterocycles. The van der Waals surface area contributed by atoms with Crippen molar-refractivity contribution in [2.75, 3.05) is 11.9 Å². The van der Waals surface area contributed by atoms with Crippen molar-refractivity contribution in [3.05, 3.63) is 29.3 Å². The number of hydrogen-bond donors (Lipinski definition) is 1. The van der Waals surface area contributed by atoms with Gasteiger partial charge in [-0.15, -0.1) is 0 Å². The van der Waals surface area contributed by atoms with Crippen molar-refractivity contribution in [1.29, 1.82) is 0 Å². The molecule has 1 aromatic carbocycles. The summed E-state index contributed by atoms with van der Waals surface area (Å²) in [5.41, 5.74) is 2.64. The molecule has 132 valence electrons. The van der Waals surface area contributed by atoms with Crippen molar-refractivity contribution in [2.45, 2.75) is 32.8 Å². The first-order chi connectivity index (χ1) is 12.0. The standard InChI is InChI=1S/C19H21NO5/c1-9-4-3-5-10(2)17(9)20-14(21)8-24-18(22)15-11-6-12-13(7-11)25-19(23)16(12)15/h3-5,11-13,15-16H,6-8H2,1-2H3,(H,20,21)/t11-,12+,13-,15-,16-/m1/s1. The van der Waals surface area contributed by atoms with Gasteiger partial charge in [0.2, 0.25) is 0 Å². The van der Waals surface area contributed by atoms with E-state index in [1.165, 1.54) is 0 Å². The number of benzene rings is 1. The summed E-state index contributed by atoms with van der Waals surface area (Å²) >= 11 is 0. The SMILES string of the molecule is Cc1cccc(C)c1NC(=O)COC(=O)[C@@H]1[C@@H]2C[C@@H]3[C@H]1C(=O)O[C@@H]3C2. The third-order valence-electron chi connectivity index (χ3n) is 5.85. The number of amides is 1. The Morgan fingerprint density at radius 1 is 1.24 bits per heavy atom. The molecule has 3 aliphatic rings. The molecular weight excluding hydrogens is 322 g/mol. The molecule has 0 spiro atoms. The number of anilines is 1. The number of aryl methyl sites for hydroxylation is 2. The summed E-state index contributed by atoms with van der Waals surface area (Å²) in [6.45, 7) is 3.48. The van der Waals surface area contributed by atoms with Gasteiger partial charge in [0.25, 0.3) is 5.91 Å². The maximum absolute atomic E-state index is 12.4. The normalized spacial score (nSPS) is 31.8. The van der Waals surface area contributed by atoms with Crippen LogP contribution >= 0.6 is 0 Å². The highest BCUT2D eigenvalue weighted by Gasteiger charge is 2.64. The minimum atomic E-state index is -0.454. The van der Waals surface area contributed by atoms with Crippen LogP contribution in [0.4, 0.5) is 5.69 Å². The van der Waals surface area contributed by atoms with Crippen LogP contribution in [0.25, 0.3) is 0 Å². The molecular formula is C19H21NO5. The number of para-hydroxylation sites is 1. The largest absolute Gasteiger partial charge is 0.462 e. The second-order valence-corrected chi connectivity index (χ2v) is 7.34. The lowest BCUT2D eigenvalue weighted by Crippen LogP contribution is -2.35. The molecule has 2 bridgehead atoms. The lowest BCUT2D eigenvalue weighted by Gasteiger charge is -2.22. The van der Waals surface area contributed by atoms with E-state index in [0.29, 0.717) is 0 Å². The maximum Gasteiger partial charge on any atom is 0.310 e. The Kier molecular flexibility index (Phi) is 3.78. The Morgan fingerprint density at radius 2 is 1.96 bits per heavy atom. The van der Waals surface area contributed by atoms with E-state index in [-0.39, 0.29) is 42.3 Å². The molecule has 0 unspecified atom stereocenters. The van der Waals surface area contributed by atoms with Gasteiger partial charge in [-0.2, -0.15) is 0 Å². The lowest BCUT2D eigenvalue weighted by molar-refractivity contribution is -0.157. The van der Waals surface area contributed by atoms with Gasteiger partial charge in [0.15, 0.2) is 6.61 Å². The molecule has 6 nitrogen and oxygen atoms in total. The van der Waals surface area contributed by atoms with Crippen LogP contribution in [-0.2, 0) is 23.9 Å². The molecule has 2 aliphatic carbocycles. The lowest BCUT2D eigenvalue weighted by atomic mass is 9.80. The Morgan fingerprint density at radius 3 is 2.68 bits per heavy atom. The van der Waals surface area contributed by atoms with E-state index in [4.69, 9.17) is 9.47 Å². The molecule has 4 rings (SSSR count). The average Bonchev–Trinajstić information content (AvgIpc) is 3.18. The molecule has 2 saturated carbocycles. The number of ether oxygens (including phenoxy) is 2. The van der Waals surface area contributed by atoms with Gasteiger partial charge in [0.1, 0.15) is 6.10 Å². The average molecular weight is 343 g/mol. The summed E-state index contributed by atoms with van der Waals surface area (Å²) in [6, 6.07) is 5.74. The van der Waals surface area contributed by atoms with E-state index >= 15 is 0 Å². The first-order valence-corrected chi connectivity index (χ1v) is 8.69. The fraction of sp³-hybridized carbons (Fsp3) is 0.526. The van der Waals surface area contributed by atoms with E-state index in [1.54, 1.807) is 0 Å². The summed E-state index contributed by atoms with van der Waals surface area (Å²) in [4.78, 5) is 36.5. The summed E-state index contributed by atoms with van der Waals surface area (Å²) < 4.78 is 10.6. The van der Waals surface area contributed by atoms with E-state index in [9.17, 15) is 14.4 Å². The van der Waals surface area contributed by atoms with Crippen LogP contribution in [0, 0.1) is 37.5 Å². The number of fused-ring (bicyclic) bond motifs is 1. The molecule has 5 atom stereocenters. The summed E-state index contributed by atoms with van der Waals surface area (Å²) in [5, 5.41) is 2.79. The maximum atomic E-state index is 12.4. The monoisotopic (exact) mass is 343 g/mol. The Labute approximate surface area is 145 Å². The number of esters is 2. The summed E-state index contributed by atoms with van der Waals surface area (Å²) in [5.74, 6) is -1.65. The molecule has 1 N–H and O–H groups in total. The van der Waals surface area contributed by atoms with E-state index in [0.717, 1.165) is 29.7 Å². The second kappa shape index (κ2) is 5.86. The van der Waals surface area contributed by atoms with Crippen LogP contribution < -0.4 is 5.32 Å². The number of nitrogens with one attached hydrogen (secondary N) is 1. The fourth-order valence-corrected chi connectivity index (χ4v) is 4.75. The van der Waals surface area contributed by atoms with Crippen molar-refractivity contribution in [3.63, 3.8) is 0 Å². The predicted molar refractivity (Wildman–Crippen MR) is 88.6 cm³/mol. The van der Waals surface area contributed by atoms with Gasteiger partial charge in [-0.25, -0.2) is 0 Å². The van der Waals surface area contributed by atoms with E-state index in [1.807, 2.05) is 32.0 Å². The highest BCUT2D eigenvalue weighted by molar-refractivity contribution is 5.94. The van der Waals surface area contributed by atoms with Gasteiger partial charge < -0.3 is 14.8 Å². The van der Waals surface area contributed by atoms with Crippen LogP contribution in [0.2, 0.25) is 0 Å².